The van der Waals surface area contributed by atoms with E-state index in [9.17, 15) is 4.79 Å². The number of rotatable bonds is 2. The topological polar surface area (TPSA) is 26.3 Å². The number of ether oxygens (including phenoxy) is 1. The molecule has 0 aromatic heterocycles. The number of carbonyl (C=O) groups excluding carboxylic acids is 1. The molecule has 0 bridgehead atoms. The summed E-state index contributed by atoms with van der Waals surface area (Å²) in [5.74, 6) is -0.175. The van der Waals surface area contributed by atoms with Crippen LogP contribution in [0.5, 0.6) is 0 Å². The third-order valence-electron chi connectivity index (χ3n) is 3.82. The Hall–Kier alpha value is -1.51. The summed E-state index contributed by atoms with van der Waals surface area (Å²) in [6.45, 7) is 0. The van der Waals surface area contributed by atoms with Crippen LogP contribution >= 0.6 is 23.2 Å². The monoisotopic (exact) mass is 320 g/mol. The van der Waals surface area contributed by atoms with Crippen LogP contribution in [0.3, 0.4) is 0 Å². The van der Waals surface area contributed by atoms with Gasteiger partial charge in [0.25, 0.3) is 0 Å². The summed E-state index contributed by atoms with van der Waals surface area (Å²) >= 11 is 11.9. The van der Waals surface area contributed by atoms with Gasteiger partial charge in [0, 0.05) is 27.6 Å². The minimum absolute atomic E-state index is 0.175. The van der Waals surface area contributed by atoms with Gasteiger partial charge in [0.15, 0.2) is 5.60 Å². The van der Waals surface area contributed by atoms with Crippen molar-refractivity contribution in [3.8, 4) is 0 Å². The molecule has 0 atom stereocenters. The first-order valence-corrected chi connectivity index (χ1v) is 7.60. The Morgan fingerprint density at radius 3 is 1.76 bits per heavy atom. The summed E-state index contributed by atoms with van der Waals surface area (Å²) in [5, 5.41) is 1.32. The van der Waals surface area contributed by atoms with Crippen LogP contribution < -0.4 is 0 Å². The van der Waals surface area contributed by atoms with Gasteiger partial charge in [-0.05, 0) is 37.1 Å². The van der Waals surface area contributed by atoms with Gasteiger partial charge in [-0.15, -0.1) is 0 Å². The molecule has 1 fully saturated rings. The number of hydrogen-bond donors (Lipinski definition) is 0. The van der Waals surface area contributed by atoms with Crippen molar-refractivity contribution in [2.45, 2.75) is 24.9 Å². The van der Waals surface area contributed by atoms with Crippen molar-refractivity contribution in [2.24, 2.45) is 0 Å². The third kappa shape index (κ3) is 2.78. The van der Waals surface area contributed by atoms with Gasteiger partial charge in [0.2, 0.25) is 0 Å². The summed E-state index contributed by atoms with van der Waals surface area (Å²) in [7, 11) is 0. The van der Waals surface area contributed by atoms with Crippen molar-refractivity contribution < 1.29 is 9.53 Å². The molecule has 2 aromatic carbocycles. The van der Waals surface area contributed by atoms with E-state index >= 15 is 0 Å². The van der Waals surface area contributed by atoms with E-state index in [1.807, 2.05) is 48.5 Å². The molecule has 21 heavy (non-hydrogen) atoms. The summed E-state index contributed by atoms with van der Waals surface area (Å²) in [4.78, 5) is 11.9. The van der Waals surface area contributed by atoms with Crippen LogP contribution in [0.25, 0.3) is 0 Å². The van der Waals surface area contributed by atoms with Crippen molar-refractivity contribution in [1.82, 2.24) is 0 Å². The fourth-order valence-electron chi connectivity index (χ4n) is 2.79. The molecule has 0 radical (unpaired) electrons. The molecule has 0 saturated carbocycles. The molecule has 2 nitrogen and oxygen atoms in total. The minimum atomic E-state index is -0.746. The second kappa shape index (κ2) is 5.70. The Morgan fingerprint density at radius 1 is 0.857 bits per heavy atom. The number of halogens is 2. The van der Waals surface area contributed by atoms with Gasteiger partial charge in [-0.1, -0.05) is 47.5 Å². The van der Waals surface area contributed by atoms with Crippen LogP contribution in [0.4, 0.5) is 0 Å². The van der Waals surface area contributed by atoms with Crippen molar-refractivity contribution in [2.75, 3.05) is 0 Å². The Labute approximate surface area is 133 Å². The van der Waals surface area contributed by atoms with Gasteiger partial charge >= 0.3 is 5.97 Å². The summed E-state index contributed by atoms with van der Waals surface area (Å²) in [5.41, 5.74) is 1.12. The smallest absolute Gasteiger partial charge is 0.307 e. The Kier molecular flexibility index (Phi) is 3.92. The standard InChI is InChI=1S/C17H14Cl2O2/c18-14-7-3-12(4-8-14)17(11-1-2-16(20)21-17)13-5-9-15(19)10-6-13/h3-10H,1-2,11H2. The van der Waals surface area contributed by atoms with E-state index in [1.165, 1.54) is 0 Å². The maximum Gasteiger partial charge on any atom is 0.307 e. The summed E-state index contributed by atoms with van der Waals surface area (Å²) < 4.78 is 5.80. The molecule has 4 heteroatoms. The van der Waals surface area contributed by atoms with Crippen molar-refractivity contribution in [1.29, 1.82) is 0 Å². The molecule has 3 rings (SSSR count). The molecule has 1 aliphatic rings. The highest BCUT2D eigenvalue weighted by atomic mass is 35.5. The van der Waals surface area contributed by atoms with Crippen LogP contribution in [0.2, 0.25) is 10.0 Å². The normalized spacial score (nSPS) is 17.3. The maximum atomic E-state index is 11.9. The largest absolute Gasteiger partial charge is 0.449 e. The number of hydrogen-bond acceptors (Lipinski definition) is 2. The van der Waals surface area contributed by atoms with Crippen molar-refractivity contribution in [3.63, 3.8) is 0 Å². The highest BCUT2D eigenvalue weighted by molar-refractivity contribution is 6.30. The van der Waals surface area contributed by atoms with Gasteiger partial charge < -0.3 is 4.74 Å². The minimum Gasteiger partial charge on any atom is -0.449 e. The number of benzene rings is 2. The van der Waals surface area contributed by atoms with Crippen LogP contribution in [0.1, 0.15) is 30.4 Å². The molecule has 0 spiro atoms. The summed E-state index contributed by atoms with van der Waals surface area (Å²) in [6, 6.07) is 14.9. The number of carbonyl (C=O) groups is 1. The highest BCUT2D eigenvalue weighted by Crippen LogP contribution is 2.42. The fraction of sp³-hybridized carbons (Fsp3) is 0.235. The van der Waals surface area contributed by atoms with Gasteiger partial charge in [-0.3, -0.25) is 4.79 Å². The zero-order chi connectivity index (χ0) is 14.9. The Balaban J connectivity index is 2.12. The van der Waals surface area contributed by atoms with Gasteiger partial charge in [0.05, 0.1) is 0 Å². The van der Waals surface area contributed by atoms with Gasteiger partial charge in [-0.2, -0.15) is 0 Å². The first-order chi connectivity index (χ1) is 10.1. The van der Waals surface area contributed by atoms with E-state index < -0.39 is 5.60 Å². The number of esters is 1. The average molecular weight is 321 g/mol. The quantitative estimate of drug-likeness (QED) is 0.731. The van der Waals surface area contributed by atoms with E-state index in [0.29, 0.717) is 16.5 Å². The fourth-order valence-corrected chi connectivity index (χ4v) is 3.04. The second-order valence-electron chi connectivity index (χ2n) is 5.17. The van der Waals surface area contributed by atoms with Crippen molar-refractivity contribution >= 4 is 29.2 Å². The van der Waals surface area contributed by atoms with Crippen molar-refractivity contribution in [3.05, 3.63) is 69.7 Å². The lowest BCUT2D eigenvalue weighted by Crippen LogP contribution is -2.37. The van der Waals surface area contributed by atoms with Crippen LogP contribution in [0, 0.1) is 0 Å². The molecule has 0 unspecified atom stereocenters. The van der Waals surface area contributed by atoms with E-state index in [-0.39, 0.29) is 5.97 Å². The number of cyclic esters (lactones) is 1. The van der Waals surface area contributed by atoms with E-state index in [1.54, 1.807) is 0 Å². The van der Waals surface area contributed by atoms with Crippen LogP contribution in [0.15, 0.2) is 48.5 Å². The maximum absolute atomic E-state index is 11.9. The lowest BCUT2D eigenvalue weighted by Gasteiger charge is -2.37. The lowest BCUT2D eigenvalue weighted by atomic mass is 9.80. The highest BCUT2D eigenvalue weighted by Gasteiger charge is 2.40. The predicted octanol–water partition coefficient (Wildman–Crippen LogP) is 4.96. The zero-order valence-corrected chi connectivity index (χ0v) is 12.8. The first kappa shape index (κ1) is 14.4. The third-order valence-corrected chi connectivity index (χ3v) is 4.32. The molecule has 0 N–H and O–H groups in total. The average Bonchev–Trinajstić information content (AvgIpc) is 2.48. The second-order valence-corrected chi connectivity index (χ2v) is 6.04. The predicted molar refractivity (Wildman–Crippen MR) is 83.6 cm³/mol. The first-order valence-electron chi connectivity index (χ1n) is 6.84. The molecular weight excluding hydrogens is 307 g/mol. The van der Waals surface area contributed by atoms with Crippen LogP contribution in [-0.4, -0.2) is 5.97 Å². The molecule has 2 aromatic rings. The zero-order valence-electron chi connectivity index (χ0n) is 11.3. The molecule has 1 saturated heterocycles. The molecule has 1 aliphatic heterocycles. The molecule has 0 aliphatic carbocycles. The molecule has 1 heterocycles. The van der Waals surface area contributed by atoms with E-state index in [4.69, 9.17) is 27.9 Å². The molecule has 108 valence electrons. The summed E-state index contributed by atoms with van der Waals surface area (Å²) in [6.07, 6.45) is 2.01. The molecular formula is C17H14Cl2O2. The Morgan fingerprint density at radius 2 is 1.33 bits per heavy atom. The lowest BCUT2D eigenvalue weighted by molar-refractivity contribution is -0.163. The Bertz CT molecular complexity index is 602. The van der Waals surface area contributed by atoms with Gasteiger partial charge in [-0.25, -0.2) is 0 Å². The SMILES string of the molecule is O=C1CCCC(c2ccc(Cl)cc2)(c2ccc(Cl)cc2)O1. The van der Waals surface area contributed by atoms with E-state index in [2.05, 4.69) is 0 Å². The molecule has 0 amide bonds. The van der Waals surface area contributed by atoms with Crippen LogP contribution in [-0.2, 0) is 15.1 Å². The van der Waals surface area contributed by atoms with Gasteiger partial charge in [0.1, 0.15) is 0 Å². The van der Waals surface area contributed by atoms with E-state index in [0.717, 1.165) is 24.0 Å².